The highest BCUT2D eigenvalue weighted by molar-refractivity contribution is 6.33. The normalized spacial score (nSPS) is 15.6. The van der Waals surface area contributed by atoms with E-state index in [9.17, 15) is 4.79 Å². The minimum Gasteiger partial charge on any atom is -0.423 e. The van der Waals surface area contributed by atoms with Gasteiger partial charge in [0.15, 0.2) is 0 Å². The van der Waals surface area contributed by atoms with Crippen LogP contribution < -0.4 is 10.5 Å². The Hall–Kier alpha value is -2.30. The van der Waals surface area contributed by atoms with Crippen molar-refractivity contribution in [3.8, 4) is 0 Å². The summed E-state index contributed by atoms with van der Waals surface area (Å²) < 4.78 is 5.28. The molecule has 3 aromatic rings. The zero-order valence-corrected chi connectivity index (χ0v) is 14.6. The van der Waals surface area contributed by atoms with Crippen LogP contribution in [0.1, 0.15) is 5.56 Å². The van der Waals surface area contributed by atoms with Crippen LogP contribution in [0.2, 0.25) is 5.02 Å². The van der Waals surface area contributed by atoms with Crippen LogP contribution in [-0.2, 0) is 6.54 Å². The summed E-state index contributed by atoms with van der Waals surface area (Å²) in [6.07, 6.45) is 0. The van der Waals surface area contributed by atoms with Gasteiger partial charge in [0.1, 0.15) is 5.58 Å². The zero-order valence-electron chi connectivity index (χ0n) is 13.8. The Labute approximate surface area is 151 Å². The first-order valence-corrected chi connectivity index (χ1v) is 8.81. The summed E-state index contributed by atoms with van der Waals surface area (Å²) >= 11 is 6.30. The number of anilines is 1. The molecular weight excluding hydrogens is 336 g/mol. The number of benzene rings is 2. The Bertz CT molecular complexity index is 946. The van der Waals surface area contributed by atoms with E-state index in [1.165, 1.54) is 6.07 Å². The molecule has 25 heavy (non-hydrogen) atoms. The molecule has 0 amide bonds. The molecule has 0 atom stereocenters. The molecular formula is C20H19ClN2O2. The zero-order chi connectivity index (χ0) is 17.2. The molecule has 0 radical (unpaired) electrons. The van der Waals surface area contributed by atoms with Crippen LogP contribution in [0.4, 0.5) is 5.69 Å². The molecule has 2 heterocycles. The van der Waals surface area contributed by atoms with Gasteiger partial charge in [0.2, 0.25) is 0 Å². The number of para-hydroxylation sites is 1. The Kier molecular flexibility index (Phi) is 4.47. The second-order valence-corrected chi connectivity index (χ2v) is 6.75. The number of rotatable bonds is 3. The predicted octanol–water partition coefficient (Wildman–Crippen LogP) is 3.77. The Morgan fingerprint density at radius 3 is 2.52 bits per heavy atom. The van der Waals surface area contributed by atoms with Crippen molar-refractivity contribution >= 4 is 28.3 Å². The number of halogens is 1. The highest BCUT2D eigenvalue weighted by Crippen LogP contribution is 2.26. The van der Waals surface area contributed by atoms with E-state index in [1.807, 2.05) is 30.3 Å². The predicted molar refractivity (Wildman–Crippen MR) is 101 cm³/mol. The molecule has 0 bridgehead atoms. The second-order valence-electron chi connectivity index (χ2n) is 6.34. The quantitative estimate of drug-likeness (QED) is 0.671. The van der Waals surface area contributed by atoms with Crippen LogP contribution in [0.3, 0.4) is 0 Å². The topological polar surface area (TPSA) is 36.7 Å². The van der Waals surface area contributed by atoms with Crippen molar-refractivity contribution in [3.05, 3.63) is 75.6 Å². The highest BCUT2D eigenvalue weighted by Gasteiger charge is 2.18. The minimum atomic E-state index is -0.307. The standard InChI is InChI=1S/C20H19ClN2O2/c21-17-3-1-2-4-18(17)23-11-9-22(10-12-23)14-15-5-6-16-7-8-20(24)25-19(16)13-15/h1-8,13H,9-12,14H2. The van der Waals surface area contributed by atoms with Gasteiger partial charge in [0.25, 0.3) is 0 Å². The van der Waals surface area contributed by atoms with Gasteiger partial charge in [0, 0.05) is 44.2 Å². The van der Waals surface area contributed by atoms with Crippen molar-refractivity contribution in [1.29, 1.82) is 0 Å². The van der Waals surface area contributed by atoms with E-state index in [0.29, 0.717) is 5.58 Å². The van der Waals surface area contributed by atoms with Crippen molar-refractivity contribution in [2.45, 2.75) is 6.54 Å². The first-order chi connectivity index (χ1) is 12.2. The summed E-state index contributed by atoms with van der Waals surface area (Å²) in [5.74, 6) is 0. The lowest BCUT2D eigenvalue weighted by atomic mass is 10.1. The lowest BCUT2D eigenvalue weighted by Gasteiger charge is -2.36. The minimum absolute atomic E-state index is 0.307. The lowest BCUT2D eigenvalue weighted by Crippen LogP contribution is -2.46. The van der Waals surface area contributed by atoms with E-state index in [2.05, 4.69) is 21.9 Å². The first kappa shape index (κ1) is 16.2. The number of hydrogen-bond donors (Lipinski definition) is 0. The number of nitrogens with zero attached hydrogens (tertiary/aromatic N) is 2. The molecule has 1 aliphatic heterocycles. The summed E-state index contributed by atoms with van der Waals surface area (Å²) in [5.41, 5.74) is 2.61. The Morgan fingerprint density at radius 1 is 0.960 bits per heavy atom. The monoisotopic (exact) mass is 354 g/mol. The van der Waals surface area contributed by atoms with E-state index in [-0.39, 0.29) is 5.63 Å². The van der Waals surface area contributed by atoms with Gasteiger partial charge in [-0.3, -0.25) is 4.90 Å². The van der Waals surface area contributed by atoms with Gasteiger partial charge in [-0.2, -0.15) is 0 Å². The molecule has 1 aromatic heterocycles. The van der Waals surface area contributed by atoms with Gasteiger partial charge >= 0.3 is 5.63 Å². The van der Waals surface area contributed by atoms with Crippen LogP contribution in [0.25, 0.3) is 11.0 Å². The average Bonchev–Trinajstić information content (AvgIpc) is 2.63. The fourth-order valence-corrected chi connectivity index (χ4v) is 3.57. The van der Waals surface area contributed by atoms with Crippen molar-refractivity contribution in [1.82, 2.24) is 4.90 Å². The molecule has 4 nitrogen and oxygen atoms in total. The highest BCUT2D eigenvalue weighted by atomic mass is 35.5. The lowest BCUT2D eigenvalue weighted by molar-refractivity contribution is 0.250. The molecule has 2 aromatic carbocycles. The maximum absolute atomic E-state index is 11.4. The largest absolute Gasteiger partial charge is 0.423 e. The molecule has 5 heteroatoms. The molecule has 0 aliphatic carbocycles. The molecule has 0 unspecified atom stereocenters. The molecule has 4 rings (SSSR count). The smallest absolute Gasteiger partial charge is 0.336 e. The van der Waals surface area contributed by atoms with Gasteiger partial charge < -0.3 is 9.32 Å². The van der Waals surface area contributed by atoms with Gasteiger partial charge in [-0.25, -0.2) is 4.79 Å². The van der Waals surface area contributed by atoms with Crippen LogP contribution in [0.15, 0.2) is 63.8 Å². The fourth-order valence-electron chi connectivity index (χ4n) is 3.32. The molecule has 0 spiro atoms. The first-order valence-electron chi connectivity index (χ1n) is 8.44. The van der Waals surface area contributed by atoms with E-state index < -0.39 is 0 Å². The Balaban J connectivity index is 1.43. The third-order valence-electron chi connectivity index (χ3n) is 4.66. The van der Waals surface area contributed by atoms with E-state index in [1.54, 1.807) is 6.07 Å². The molecule has 0 N–H and O–H groups in total. The summed E-state index contributed by atoms with van der Waals surface area (Å²) in [6.45, 7) is 4.70. The Morgan fingerprint density at radius 2 is 1.72 bits per heavy atom. The molecule has 128 valence electrons. The van der Waals surface area contributed by atoms with Crippen LogP contribution in [0.5, 0.6) is 0 Å². The van der Waals surface area contributed by atoms with Gasteiger partial charge in [0.05, 0.1) is 10.7 Å². The maximum Gasteiger partial charge on any atom is 0.336 e. The third-order valence-corrected chi connectivity index (χ3v) is 4.98. The second kappa shape index (κ2) is 6.90. The van der Waals surface area contributed by atoms with E-state index >= 15 is 0 Å². The molecule has 1 aliphatic rings. The van der Waals surface area contributed by atoms with Crippen LogP contribution >= 0.6 is 11.6 Å². The summed E-state index contributed by atoms with van der Waals surface area (Å²) in [4.78, 5) is 16.1. The van der Waals surface area contributed by atoms with Crippen molar-refractivity contribution in [2.24, 2.45) is 0 Å². The van der Waals surface area contributed by atoms with Crippen molar-refractivity contribution in [3.63, 3.8) is 0 Å². The van der Waals surface area contributed by atoms with E-state index in [0.717, 1.165) is 54.4 Å². The number of fused-ring (bicyclic) bond motifs is 1. The average molecular weight is 355 g/mol. The molecule has 1 fully saturated rings. The number of piperazine rings is 1. The van der Waals surface area contributed by atoms with Gasteiger partial charge in [-0.1, -0.05) is 35.9 Å². The van der Waals surface area contributed by atoms with E-state index in [4.69, 9.17) is 16.0 Å². The summed E-state index contributed by atoms with van der Waals surface area (Å²) in [7, 11) is 0. The maximum atomic E-state index is 11.4. The van der Waals surface area contributed by atoms with Gasteiger partial charge in [-0.05, 0) is 29.8 Å². The fraction of sp³-hybridized carbons (Fsp3) is 0.250. The summed E-state index contributed by atoms with van der Waals surface area (Å²) in [5, 5.41) is 1.76. The van der Waals surface area contributed by atoms with Crippen molar-refractivity contribution in [2.75, 3.05) is 31.1 Å². The van der Waals surface area contributed by atoms with Crippen LogP contribution in [-0.4, -0.2) is 31.1 Å². The van der Waals surface area contributed by atoms with Crippen LogP contribution in [0, 0.1) is 0 Å². The van der Waals surface area contributed by atoms with Crippen molar-refractivity contribution < 1.29 is 4.42 Å². The number of hydrogen-bond acceptors (Lipinski definition) is 4. The SMILES string of the molecule is O=c1ccc2ccc(CN3CCN(c4ccccc4Cl)CC3)cc2o1. The summed E-state index contributed by atoms with van der Waals surface area (Å²) in [6, 6.07) is 17.3. The molecule has 1 saturated heterocycles. The molecule has 0 saturated carbocycles. The van der Waals surface area contributed by atoms with Gasteiger partial charge in [-0.15, -0.1) is 0 Å². The third kappa shape index (κ3) is 3.55.